The molecule has 21 heavy (non-hydrogen) atoms. The van der Waals surface area contributed by atoms with Gasteiger partial charge in [-0.05, 0) is 36.4 Å². The van der Waals surface area contributed by atoms with Gasteiger partial charge in [-0.3, -0.25) is 0 Å². The summed E-state index contributed by atoms with van der Waals surface area (Å²) in [6.07, 6.45) is 0.257. The zero-order chi connectivity index (χ0) is 14.9. The highest BCUT2D eigenvalue weighted by atomic mass is 79.9. The van der Waals surface area contributed by atoms with Crippen molar-refractivity contribution in [1.29, 1.82) is 0 Å². The van der Waals surface area contributed by atoms with Crippen LogP contribution in [0.1, 0.15) is 5.89 Å². The highest BCUT2D eigenvalue weighted by Crippen LogP contribution is 2.19. The second kappa shape index (κ2) is 5.61. The minimum absolute atomic E-state index is 0.0263. The van der Waals surface area contributed by atoms with Gasteiger partial charge in [0.2, 0.25) is 0 Å². The summed E-state index contributed by atoms with van der Waals surface area (Å²) in [5.74, 6) is 0.415. The van der Waals surface area contributed by atoms with Crippen molar-refractivity contribution in [1.82, 2.24) is 4.98 Å². The highest BCUT2D eigenvalue weighted by molar-refractivity contribution is 9.10. The molecule has 1 aromatic heterocycles. The Kier molecular flexibility index (Phi) is 3.82. The van der Waals surface area contributed by atoms with Gasteiger partial charge >= 0.3 is 0 Å². The fourth-order valence-corrected chi connectivity index (χ4v) is 3.50. The van der Waals surface area contributed by atoms with Crippen LogP contribution >= 0.6 is 15.9 Å². The number of aromatic nitrogens is 1. The molecule has 3 aromatic rings. The first-order valence-corrected chi connectivity index (χ1v) is 8.82. The van der Waals surface area contributed by atoms with E-state index >= 15 is 0 Å². The molecule has 0 saturated carbocycles. The lowest BCUT2D eigenvalue weighted by atomic mass is 10.3. The number of halogens is 1. The van der Waals surface area contributed by atoms with E-state index in [1.54, 1.807) is 24.3 Å². The molecule has 0 fully saturated rings. The number of nitrogens with zero attached hydrogens (tertiary/aromatic N) is 1. The largest absolute Gasteiger partial charge is 0.441 e. The van der Waals surface area contributed by atoms with Crippen LogP contribution in [-0.4, -0.2) is 19.2 Å². The van der Waals surface area contributed by atoms with Crippen molar-refractivity contribution < 1.29 is 12.8 Å². The van der Waals surface area contributed by atoms with Crippen LogP contribution in [0.5, 0.6) is 0 Å². The predicted molar refractivity (Wildman–Crippen MR) is 83.9 cm³/mol. The van der Waals surface area contributed by atoms with Gasteiger partial charge in [-0.1, -0.05) is 28.1 Å². The fraction of sp³-hybridized carbons (Fsp3) is 0.133. The zero-order valence-electron chi connectivity index (χ0n) is 11.0. The number of hydrogen-bond donors (Lipinski definition) is 0. The minimum atomic E-state index is -3.33. The number of hydrogen-bond acceptors (Lipinski definition) is 4. The van der Waals surface area contributed by atoms with Gasteiger partial charge in [-0.25, -0.2) is 13.4 Å². The molecule has 0 bridgehead atoms. The van der Waals surface area contributed by atoms with E-state index in [9.17, 15) is 8.42 Å². The van der Waals surface area contributed by atoms with E-state index < -0.39 is 9.84 Å². The molecule has 0 aliphatic carbocycles. The quantitative estimate of drug-likeness (QED) is 0.708. The van der Waals surface area contributed by atoms with Crippen molar-refractivity contribution in [3.05, 3.63) is 58.9 Å². The smallest absolute Gasteiger partial charge is 0.196 e. The van der Waals surface area contributed by atoms with E-state index in [1.165, 1.54) is 0 Å². The van der Waals surface area contributed by atoms with E-state index in [1.807, 2.05) is 24.3 Å². The lowest BCUT2D eigenvalue weighted by molar-refractivity contribution is 0.533. The summed E-state index contributed by atoms with van der Waals surface area (Å²) in [5.41, 5.74) is 1.42. The van der Waals surface area contributed by atoms with Gasteiger partial charge in [-0.2, -0.15) is 0 Å². The molecule has 108 valence electrons. The van der Waals surface area contributed by atoms with Crippen molar-refractivity contribution in [2.24, 2.45) is 0 Å². The molecular weight excluding hydrogens is 354 g/mol. The van der Waals surface area contributed by atoms with E-state index in [0.717, 1.165) is 9.99 Å². The van der Waals surface area contributed by atoms with Crippen LogP contribution in [0.25, 0.3) is 11.1 Å². The minimum Gasteiger partial charge on any atom is -0.441 e. The van der Waals surface area contributed by atoms with Gasteiger partial charge in [-0.15, -0.1) is 0 Å². The van der Waals surface area contributed by atoms with Gasteiger partial charge in [0.1, 0.15) is 5.52 Å². The molecule has 0 amide bonds. The molecule has 0 spiro atoms. The molecule has 2 aromatic carbocycles. The van der Waals surface area contributed by atoms with Crippen LogP contribution in [0.15, 0.2) is 62.3 Å². The molecule has 0 N–H and O–H groups in total. The zero-order valence-corrected chi connectivity index (χ0v) is 13.4. The first-order chi connectivity index (χ1) is 10.0. The lowest BCUT2D eigenvalue weighted by Crippen LogP contribution is -2.09. The van der Waals surface area contributed by atoms with Gasteiger partial charge in [0.05, 0.1) is 10.6 Å². The summed E-state index contributed by atoms with van der Waals surface area (Å²) < 4.78 is 30.9. The Morgan fingerprint density at radius 3 is 2.48 bits per heavy atom. The van der Waals surface area contributed by atoms with Gasteiger partial charge in [0.15, 0.2) is 21.3 Å². The molecule has 6 heteroatoms. The van der Waals surface area contributed by atoms with Crippen LogP contribution in [0.3, 0.4) is 0 Å². The maximum atomic E-state index is 12.2. The molecule has 0 radical (unpaired) electrons. The number of rotatable bonds is 4. The van der Waals surface area contributed by atoms with Crippen molar-refractivity contribution in [2.45, 2.75) is 11.3 Å². The molecule has 4 nitrogen and oxygen atoms in total. The molecular formula is C15H12BrNO3S. The predicted octanol–water partition coefficient (Wildman–Crippen LogP) is 3.61. The number of para-hydroxylation sites is 2. The van der Waals surface area contributed by atoms with Gasteiger partial charge in [0.25, 0.3) is 0 Å². The molecule has 0 unspecified atom stereocenters. The molecule has 0 aliphatic rings. The standard InChI is InChI=1S/C15H12BrNO3S/c16-11-5-7-12(8-6-11)21(18,19)10-9-15-17-13-3-1-2-4-14(13)20-15/h1-8H,9-10H2. The topological polar surface area (TPSA) is 60.2 Å². The van der Waals surface area contributed by atoms with Crippen LogP contribution in [0, 0.1) is 0 Å². The van der Waals surface area contributed by atoms with Crippen LogP contribution in [0.2, 0.25) is 0 Å². The number of benzene rings is 2. The number of sulfone groups is 1. The normalized spacial score (nSPS) is 11.9. The Hall–Kier alpha value is -1.66. The Morgan fingerprint density at radius 1 is 1.05 bits per heavy atom. The average Bonchev–Trinajstić information content (AvgIpc) is 2.89. The summed E-state index contributed by atoms with van der Waals surface area (Å²) >= 11 is 3.29. The first-order valence-electron chi connectivity index (χ1n) is 6.37. The SMILES string of the molecule is O=S(=O)(CCc1nc2ccccc2o1)c1ccc(Br)cc1. The lowest BCUT2D eigenvalue weighted by Gasteiger charge is -2.02. The Labute approximate surface area is 130 Å². The summed E-state index contributed by atoms with van der Waals surface area (Å²) in [5, 5.41) is 0. The van der Waals surface area contributed by atoms with Crippen molar-refractivity contribution in [2.75, 3.05) is 5.75 Å². The Bertz CT molecular complexity index is 836. The number of oxazole rings is 1. The van der Waals surface area contributed by atoms with Gasteiger partial charge < -0.3 is 4.42 Å². The maximum Gasteiger partial charge on any atom is 0.196 e. The molecule has 0 saturated heterocycles. The van der Waals surface area contributed by atoms with Crippen molar-refractivity contribution >= 4 is 36.9 Å². The summed E-state index contributed by atoms with van der Waals surface area (Å²) in [4.78, 5) is 4.59. The number of fused-ring (bicyclic) bond motifs is 1. The van der Waals surface area contributed by atoms with E-state index in [0.29, 0.717) is 16.4 Å². The number of aryl methyl sites for hydroxylation is 1. The average molecular weight is 366 g/mol. The molecule has 1 heterocycles. The summed E-state index contributed by atoms with van der Waals surface area (Å²) in [6, 6.07) is 14.0. The summed E-state index contributed by atoms with van der Waals surface area (Å²) in [7, 11) is -3.33. The first kappa shape index (κ1) is 14.3. The molecule has 0 aliphatic heterocycles. The second-order valence-electron chi connectivity index (χ2n) is 4.60. The third-order valence-corrected chi connectivity index (χ3v) is 5.36. The van der Waals surface area contributed by atoms with E-state index in [4.69, 9.17) is 4.42 Å². The molecule has 0 atom stereocenters. The Morgan fingerprint density at radius 2 is 1.76 bits per heavy atom. The van der Waals surface area contributed by atoms with E-state index in [-0.39, 0.29) is 12.2 Å². The van der Waals surface area contributed by atoms with Crippen LogP contribution in [-0.2, 0) is 16.3 Å². The second-order valence-corrected chi connectivity index (χ2v) is 7.62. The third-order valence-electron chi connectivity index (χ3n) is 3.10. The maximum absolute atomic E-state index is 12.2. The third kappa shape index (κ3) is 3.16. The Balaban J connectivity index is 1.78. The monoisotopic (exact) mass is 365 g/mol. The van der Waals surface area contributed by atoms with E-state index in [2.05, 4.69) is 20.9 Å². The van der Waals surface area contributed by atoms with Crippen LogP contribution < -0.4 is 0 Å². The summed E-state index contributed by atoms with van der Waals surface area (Å²) in [6.45, 7) is 0. The molecule has 3 rings (SSSR count). The fourth-order valence-electron chi connectivity index (χ4n) is 2.01. The van der Waals surface area contributed by atoms with Crippen molar-refractivity contribution in [3.8, 4) is 0 Å². The van der Waals surface area contributed by atoms with Crippen molar-refractivity contribution in [3.63, 3.8) is 0 Å². The van der Waals surface area contributed by atoms with Gasteiger partial charge in [0, 0.05) is 10.9 Å². The van der Waals surface area contributed by atoms with Crippen LogP contribution in [0.4, 0.5) is 0 Å². The highest BCUT2D eigenvalue weighted by Gasteiger charge is 2.16.